The van der Waals surface area contributed by atoms with Gasteiger partial charge in [-0.3, -0.25) is 9.59 Å². The van der Waals surface area contributed by atoms with Crippen LogP contribution in [0.3, 0.4) is 0 Å². The molecule has 0 saturated carbocycles. The number of ketones is 2. The molecule has 1 unspecified atom stereocenters. The minimum absolute atomic E-state index is 0.00782. The fraction of sp³-hybridized carbons (Fsp3) is 0.429. The second kappa shape index (κ2) is 5.92. The van der Waals surface area contributed by atoms with Gasteiger partial charge in [0, 0.05) is 11.5 Å². The Morgan fingerprint density at radius 1 is 0.913 bits per heavy atom. The Labute approximate surface area is 139 Å². The fourth-order valence-electron chi connectivity index (χ4n) is 2.80. The molecule has 2 nitrogen and oxygen atoms in total. The standard InChI is InChI=1S/C21H26O2/c1-20(2,3)17-12-15(11-14-7-9-16(22)10-8-14)13-18(19(17)23)21(4,5)6/h7-13,17H,1-6H3. The highest BCUT2D eigenvalue weighted by Crippen LogP contribution is 2.40. The SMILES string of the molecule is CC(C)(C)C1=CC(C=C2C=CC(=O)C=C2)=CC(C(C)(C)C)C1=O. The summed E-state index contributed by atoms with van der Waals surface area (Å²) >= 11 is 0. The lowest BCUT2D eigenvalue weighted by molar-refractivity contribution is -0.121. The molecule has 122 valence electrons. The molecule has 0 aliphatic heterocycles. The van der Waals surface area contributed by atoms with Crippen molar-refractivity contribution in [1.82, 2.24) is 0 Å². The first-order valence-electron chi connectivity index (χ1n) is 8.08. The fourth-order valence-corrected chi connectivity index (χ4v) is 2.80. The van der Waals surface area contributed by atoms with Crippen LogP contribution >= 0.6 is 0 Å². The van der Waals surface area contributed by atoms with Crippen LogP contribution in [0.1, 0.15) is 41.5 Å². The molecule has 2 heteroatoms. The highest BCUT2D eigenvalue weighted by molar-refractivity contribution is 6.02. The van der Waals surface area contributed by atoms with Crippen molar-refractivity contribution in [3.8, 4) is 0 Å². The number of hydrogen-bond donors (Lipinski definition) is 0. The summed E-state index contributed by atoms with van der Waals surface area (Å²) in [7, 11) is 0. The maximum absolute atomic E-state index is 12.9. The maximum atomic E-state index is 12.9. The average Bonchev–Trinajstić information content (AvgIpc) is 2.40. The van der Waals surface area contributed by atoms with Crippen LogP contribution in [0.15, 0.2) is 59.3 Å². The third-order valence-corrected chi connectivity index (χ3v) is 4.17. The van der Waals surface area contributed by atoms with E-state index in [0.717, 1.165) is 16.7 Å². The second-order valence-electron chi connectivity index (χ2n) is 8.40. The van der Waals surface area contributed by atoms with Gasteiger partial charge in [0.15, 0.2) is 11.6 Å². The first-order valence-corrected chi connectivity index (χ1v) is 8.08. The summed E-state index contributed by atoms with van der Waals surface area (Å²) in [6, 6.07) is 0. The Balaban J connectivity index is 2.48. The van der Waals surface area contributed by atoms with E-state index in [1.807, 2.05) is 24.3 Å². The van der Waals surface area contributed by atoms with Crippen LogP contribution in [0.2, 0.25) is 0 Å². The molecule has 0 N–H and O–H groups in total. The van der Waals surface area contributed by atoms with Gasteiger partial charge in [0.1, 0.15) is 0 Å². The lowest BCUT2D eigenvalue weighted by Crippen LogP contribution is -2.34. The summed E-state index contributed by atoms with van der Waals surface area (Å²) in [4.78, 5) is 24.1. The normalized spacial score (nSPS) is 22.2. The monoisotopic (exact) mass is 310 g/mol. The van der Waals surface area contributed by atoms with Crippen molar-refractivity contribution in [3.05, 3.63) is 59.3 Å². The molecule has 2 aliphatic rings. The van der Waals surface area contributed by atoms with Gasteiger partial charge in [-0.2, -0.15) is 0 Å². The Kier molecular flexibility index (Phi) is 4.48. The van der Waals surface area contributed by atoms with Gasteiger partial charge in [-0.15, -0.1) is 0 Å². The summed E-state index contributed by atoms with van der Waals surface area (Å²) in [6.07, 6.45) is 12.9. The van der Waals surface area contributed by atoms with Crippen LogP contribution < -0.4 is 0 Å². The molecule has 0 bridgehead atoms. The topological polar surface area (TPSA) is 34.1 Å². The highest BCUT2D eigenvalue weighted by Gasteiger charge is 2.37. The zero-order chi connectivity index (χ0) is 17.4. The third-order valence-electron chi connectivity index (χ3n) is 4.17. The van der Waals surface area contributed by atoms with E-state index in [0.29, 0.717) is 0 Å². The Morgan fingerprint density at radius 2 is 1.48 bits per heavy atom. The average molecular weight is 310 g/mol. The van der Waals surface area contributed by atoms with Gasteiger partial charge in [-0.05, 0) is 46.3 Å². The number of allylic oxidation sites excluding steroid dienone is 10. The summed E-state index contributed by atoms with van der Waals surface area (Å²) < 4.78 is 0. The summed E-state index contributed by atoms with van der Waals surface area (Å²) in [6.45, 7) is 12.5. The first kappa shape index (κ1) is 17.4. The summed E-state index contributed by atoms with van der Waals surface area (Å²) in [5, 5.41) is 0. The number of carbonyl (C=O) groups excluding carboxylic acids is 2. The van der Waals surface area contributed by atoms with Crippen molar-refractivity contribution < 1.29 is 9.59 Å². The van der Waals surface area contributed by atoms with Gasteiger partial charge in [0.2, 0.25) is 0 Å². The summed E-state index contributed by atoms with van der Waals surface area (Å²) in [5.74, 6) is 0.0947. The van der Waals surface area contributed by atoms with E-state index >= 15 is 0 Å². The predicted molar refractivity (Wildman–Crippen MR) is 94.9 cm³/mol. The van der Waals surface area contributed by atoms with Crippen molar-refractivity contribution in [1.29, 1.82) is 0 Å². The van der Waals surface area contributed by atoms with Gasteiger partial charge in [0.05, 0.1) is 0 Å². The van der Waals surface area contributed by atoms with E-state index in [2.05, 4.69) is 47.6 Å². The molecule has 0 saturated heterocycles. The van der Waals surface area contributed by atoms with Gasteiger partial charge in [-0.25, -0.2) is 0 Å². The van der Waals surface area contributed by atoms with E-state index < -0.39 is 0 Å². The van der Waals surface area contributed by atoms with Crippen molar-refractivity contribution in [2.24, 2.45) is 16.7 Å². The number of hydrogen-bond acceptors (Lipinski definition) is 2. The van der Waals surface area contributed by atoms with Crippen LogP contribution in [0.25, 0.3) is 0 Å². The minimum atomic E-state index is -0.188. The molecule has 0 aromatic carbocycles. The van der Waals surface area contributed by atoms with Crippen LogP contribution in [-0.2, 0) is 9.59 Å². The quantitative estimate of drug-likeness (QED) is 0.700. The lowest BCUT2D eigenvalue weighted by atomic mass is 9.68. The molecule has 0 aromatic heterocycles. The molecule has 1 atom stereocenters. The second-order valence-corrected chi connectivity index (χ2v) is 8.40. The summed E-state index contributed by atoms with van der Waals surface area (Å²) in [5.41, 5.74) is 2.56. The molecule has 23 heavy (non-hydrogen) atoms. The van der Waals surface area contributed by atoms with Crippen LogP contribution in [0.4, 0.5) is 0 Å². The van der Waals surface area contributed by atoms with Crippen molar-refractivity contribution in [3.63, 3.8) is 0 Å². The number of carbonyl (C=O) groups is 2. The minimum Gasteiger partial charge on any atom is -0.294 e. The van der Waals surface area contributed by atoms with Gasteiger partial charge in [-0.1, -0.05) is 59.8 Å². The lowest BCUT2D eigenvalue weighted by Gasteiger charge is -2.34. The number of rotatable bonds is 1. The van der Waals surface area contributed by atoms with E-state index in [-0.39, 0.29) is 28.3 Å². The molecule has 0 aromatic rings. The van der Waals surface area contributed by atoms with Gasteiger partial charge < -0.3 is 0 Å². The molecular formula is C21H26O2. The largest absolute Gasteiger partial charge is 0.294 e. The van der Waals surface area contributed by atoms with Crippen LogP contribution in [0.5, 0.6) is 0 Å². The zero-order valence-electron chi connectivity index (χ0n) is 14.9. The smallest absolute Gasteiger partial charge is 0.178 e. The van der Waals surface area contributed by atoms with Crippen molar-refractivity contribution in [2.75, 3.05) is 0 Å². The Bertz CT molecular complexity index is 662. The van der Waals surface area contributed by atoms with Crippen molar-refractivity contribution >= 4 is 11.6 Å². The molecular weight excluding hydrogens is 284 g/mol. The van der Waals surface area contributed by atoms with Crippen LogP contribution in [-0.4, -0.2) is 11.6 Å². The molecule has 0 heterocycles. The molecule has 0 radical (unpaired) electrons. The number of Topliss-reactive ketones (excluding diaryl/α,β-unsaturated/α-hetero) is 1. The maximum Gasteiger partial charge on any atom is 0.178 e. The Hall–Kier alpha value is -1.96. The van der Waals surface area contributed by atoms with Crippen LogP contribution in [0, 0.1) is 16.7 Å². The first-order chi connectivity index (χ1) is 10.5. The molecule has 2 rings (SSSR count). The van der Waals surface area contributed by atoms with E-state index in [4.69, 9.17) is 0 Å². The van der Waals surface area contributed by atoms with E-state index in [1.54, 1.807) is 12.2 Å². The molecule has 0 amide bonds. The molecule has 0 fully saturated rings. The Morgan fingerprint density at radius 3 is 1.96 bits per heavy atom. The predicted octanol–water partition coefficient (Wildman–Crippen LogP) is 4.75. The van der Waals surface area contributed by atoms with Gasteiger partial charge in [0.25, 0.3) is 0 Å². The van der Waals surface area contributed by atoms with E-state index in [9.17, 15) is 9.59 Å². The zero-order valence-corrected chi connectivity index (χ0v) is 14.9. The van der Waals surface area contributed by atoms with Gasteiger partial charge >= 0.3 is 0 Å². The third kappa shape index (κ3) is 4.07. The molecule has 0 spiro atoms. The van der Waals surface area contributed by atoms with Crippen molar-refractivity contribution in [2.45, 2.75) is 41.5 Å². The molecule has 2 aliphatic carbocycles. The van der Waals surface area contributed by atoms with E-state index in [1.165, 1.54) is 0 Å². The highest BCUT2D eigenvalue weighted by atomic mass is 16.1.